The van der Waals surface area contributed by atoms with E-state index in [-0.39, 0.29) is 0 Å². The third-order valence-electron chi connectivity index (χ3n) is 0.799. The van der Waals surface area contributed by atoms with Crippen LogP contribution in [0.15, 0.2) is 5.38 Å². The second-order valence-corrected chi connectivity index (χ2v) is 3.20. The first-order valence-electron chi connectivity index (χ1n) is 2.06. The summed E-state index contributed by atoms with van der Waals surface area (Å²) in [7, 11) is 0. The van der Waals surface area contributed by atoms with E-state index in [1.807, 2.05) is 0 Å². The summed E-state index contributed by atoms with van der Waals surface area (Å²) < 4.78 is 0.440. The van der Waals surface area contributed by atoms with E-state index in [1.54, 1.807) is 11.7 Å². The van der Waals surface area contributed by atoms with Gasteiger partial charge in [-0.05, 0) is 0 Å². The Bertz CT molecular complexity index is 231. The fourth-order valence-electron chi connectivity index (χ4n) is 0.389. The molecule has 0 bridgehead atoms. The first-order valence-corrected chi connectivity index (χ1v) is 3.70. The molecule has 0 aliphatic carbocycles. The molecule has 1 rings (SSSR count). The molecule has 0 aliphatic rings. The van der Waals surface area contributed by atoms with Crippen LogP contribution in [0.25, 0.3) is 0 Å². The van der Waals surface area contributed by atoms with Crippen molar-refractivity contribution < 1.29 is 4.79 Å². The molecular formula is C5HCl2OS. The first-order chi connectivity index (χ1) is 4.25. The van der Waals surface area contributed by atoms with Gasteiger partial charge in [0.15, 0.2) is 0 Å². The smallest absolute Gasteiger partial charge is 0.236 e. The maximum Gasteiger partial charge on any atom is 0.236 e. The summed E-state index contributed by atoms with van der Waals surface area (Å²) in [6.45, 7) is 0. The standard InChI is InChI=1S/C5HCl2OS/c6-4-3(1-8)2-9-5(4)7/h2H. The minimum Gasteiger partial charge on any atom is -0.285 e. The zero-order valence-corrected chi connectivity index (χ0v) is 6.48. The van der Waals surface area contributed by atoms with Crippen LogP contribution in [-0.2, 0) is 4.79 Å². The van der Waals surface area contributed by atoms with Gasteiger partial charge in [-0.15, -0.1) is 11.3 Å². The molecule has 0 aliphatic heterocycles. The van der Waals surface area contributed by atoms with Crippen LogP contribution in [0.2, 0.25) is 9.36 Å². The van der Waals surface area contributed by atoms with Crippen LogP contribution in [0, 0.1) is 0 Å². The monoisotopic (exact) mass is 179 g/mol. The van der Waals surface area contributed by atoms with Gasteiger partial charge in [-0.2, -0.15) is 0 Å². The van der Waals surface area contributed by atoms with Crippen molar-refractivity contribution >= 4 is 40.8 Å². The summed E-state index contributed by atoms with van der Waals surface area (Å²) >= 11 is 12.3. The largest absolute Gasteiger partial charge is 0.285 e. The van der Waals surface area contributed by atoms with Crippen LogP contribution in [0.1, 0.15) is 5.56 Å². The summed E-state index contributed by atoms with van der Waals surface area (Å²) in [6.07, 6.45) is 1.66. The summed E-state index contributed by atoms with van der Waals surface area (Å²) in [5.74, 6) is 0. The lowest BCUT2D eigenvalue weighted by atomic mass is 10.4. The maximum absolute atomic E-state index is 9.98. The number of hydrogen-bond donors (Lipinski definition) is 0. The highest BCUT2D eigenvalue weighted by Crippen LogP contribution is 2.30. The van der Waals surface area contributed by atoms with E-state index in [2.05, 4.69) is 0 Å². The third-order valence-corrected chi connectivity index (χ3v) is 2.62. The van der Waals surface area contributed by atoms with E-state index in [0.717, 1.165) is 0 Å². The van der Waals surface area contributed by atoms with Crippen molar-refractivity contribution in [2.45, 2.75) is 0 Å². The van der Waals surface area contributed by atoms with Crippen molar-refractivity contribution in [1.82, 2.24) is 0 Å². The van der Waals surface area contributed by atoms with E-state index in [1.165, 1.54) is 11.3 Å². The summed E-state index contributed by atoms with van der Waals surface area (Å²) in [4.78, 5) is 9.98. The van der Waals surface area contributed by atoms with Crippen molar-refractivity contribution in [1.29, 1.82) is 0 Å². The highest BCUT2D eigenvalue weighted by molar-refractivity contribution is 7.15. The molecule has 0 spiro atoms. The predicted octanol–water partition coefficient (Wildman–Crippen LogP) is 2.51. The van der Waals surface area contributed by atoms with Crippen LogP contribution in [0.5, 0.6) is 0 Å². The van der Waals surface area contributed by atoms with Gasteiger partial charge in [0, 0.05) is 5.38 Å². The highest BCUT2D eigenvalue weighted by Gasteiger charge is 2.05. The molecule has 1 nitrogen and oxygen atoms in total. The van der Waals surface area contributed by atoms with Crippen LogP contribution in [0.3, 0.4) is 0 Å². The van der Waals surface area contributed by atoms with Crippen molar-refractivity contribution in [3.8, 4) is 0 Å². The van der Waals surface area contributed by atoms with Gasteiger partial charge in [0.2, 0.25) is 6.29 Å². The Hall–Kier alpha value is -0.0500. The molecule has 47 valence electrons. The molecule has 1 radical (unpaired) electrons. The Kier molecular flexibility index (Phi) is 2.11. The van der Waals surface area contributed by atoms with Crippen molar-refractivity contribution in [2.75, 3.05) is 0 Å². The Morgan fingerprint density at radius 1 is 1.56 bits per heavy atom. The van der Waals surface area contributed by atoms with Crippen LogP contribution in [-0.4, -0.2) is 6.29 Å². The quantitative estimate of drug-likeness (QED) is 0.648. The zero-order valence-electron chi connectivity index (χ0n) is 4.15. The minimum absolute atomic E-state index is 0.302. The Morgan fingerprint density at radius 2 is 2.22 bits per heavy atom. The van der Waals surface area contributed by atoms with Crippen molar-refractivity contribution in [2.24, 2.45) is 0 Å². The molecule has 1 aromatic rings. The number of carbonyl (C=O) groups excluding carboxylic acids is 1. The molecule has 0 unspecified atom stereocenters. The highest BCUT2D eigenvalue weighted by atomic mass is 35.5. The molecule has 1 heterocycles. The van der Waals surface area contributed by atoms with Gasteiger partial charge >= 0.3 is 0 Å². The second-order valence-electron chi connectivity index (χ2n) is 1.34. The van der Waals surface area contributed by atoms with E-state index in [4.69, 9.17) is 23.2 Å². The van der Waals surface area contributed by atoms with Gasteiger partial charge in [0.1, 0.15) is 4.34 Å². The van der Waals surface area contributed by atoms with Gasteiger partial charge in [-0.3, -0.25) is 4.79 Å². The Morgan fingerprint density at radius 3 is 2.44 bits per heavy atom. The topological polar surface area (TPSA) is 17.1 Å². The van der Waals surface area contributed by atoms with E-state index < -0.39 is 0 Å². The zero-order chi connectivity index (χ0) is 6.85. The molecule has 9 heavy (non-hydrogen) atoms. The Balaban J connectivity index is 3.18. The lowest BCUT2D eigenvalue weighted by molar-refractivity contribution is 0.563. The molecule has 0 amide bonds. The third kappa shape index (κ3) is 1.26. The van der Waals surface area contributed by atoms with Gasteiger partial charge < -0.3 is 0 Å². The summed E-state index contributed by atoms with van der Waals surface area (Å²) in [6, 6.07) is 0. The predicted molar refractivity (Wildman–Crippen MR) is 39.1 cm³/mol. The molecule has 1 aromatic heterocycles. The maximum atomic E-state index is 9.98. The molecule has 4 heteroatoms. The number of hydrogen-bond acceptors (Lipinski definition) is 2. The summed E-state index contributed by atoms with van der Waals surface area (Å²) in [5, 5.41) is 1.87. The van der Waals surface area contributed by atoms with Crippen LogP contribution in [0.4, 0.5) is 0 Å². The van der Waals surface area contributed by atoms with E-state index in [0.29, 0.717) is 14.9 Å². The summed E-state index contributed by atoms with van der Waals surface area (Å²) in [5.41, 5.74) is 0.340. The normalized spacial score (nSPS) is 9.56. The molecule has 0 saturated carbocycles. The average molecular weight is 180 g/mol. The molecule has 0 aromatic carbocycles. The fraction of sp³-hybridized carbons (Fsp3) is 0. The molecule has 0 saturated heterocycles. The lowest BCUT2D eigenvalue weighted by Crippen LogP contribution is -1.71. The van der Waals surface area contributed by atoms with E-state index in [9.17, 15) is 4.79 Å². The van der Waals surface area contributed by atoms with Gasteiger partial charge in [-0.25, -0.2) is 0 Å². The minimum atomic E-state index is 0.302. The van der Waals surface area contributed by atoms with Crippen LogP contribution >= 0.6 is 34.5 Å². The fourth-order valence-corrected chi connectivity index (χ4v) is 1.52. The number of rotatable bonds is 1. The second kappa shape index (κ2) is 2.69. The lowest BCUT2D eigenvalue weighted by Gasteiger charge is -1.79. The van der Waals surface area contributed by atoms with E-state index >= 15 is 0 Å². The van der Waals surface area contributed by atoms with Crippen molar-refractivity contribution in [3.05, 3.63) is 20.3 Å². The van der Waals surface area contributed by atoms with Crippen LogP contribution < -0.4 is 0 Å². The SMILES string of the molecule is O=[C]c1csc(Cl)c1Cl. The number of thiophene rings is 1. The Labute approximate surface area is 66.2 Å². The van der Waals surface area contributed by atoms with Gasteiger partial charge in [-0.1, -0.05) is 23.2 Å². The van der Waals surface area contributed by atoms with Gasteiger partial charge in [0.25, 0.3) is 0 Å². The molecular weight excluding hydrogens is 179 g/mol. The van der Waals surface area contributed by atoms with Gasteiger partial charge in [0.05, 0.1) is 10.6 Å². The first kappa shape index (κ1) is 7.06. The van der Waals surface area contributed by atoms with Crippen molar-refractivity contribution in [3.63, 3.8) is 0 Å². The molecule has 0 atom stereocenters. The average Bonchev–Trinajstić information content (AvgIpc) is 2.15. The molecule has 0 fully saturated rings. The number of halogens is 2. The molecule has 0 N–H and O–H groups in total.